The van der Waals surface area contributed by atoms with Crippen LogP contribution in [0.15, 0.2) is 46.7 Å². The van der Waals surface area contributed by atoms with E-state index < -0.39 is 0 Å². The molecule has 3 rings (SSSR count). The number of hydrogen-bond acceptors (Lipinski definition) is 4. The Morgan fingerprint density at radius 3 is 2.89 bits per heavy atom. The van der Waals surface area contributed by atoms with Crippen molar-refractivity contribution < 1.29 is 9.64 Å². The molecule has 5 heteroatoms. The number of pyridine rings is 1. The molecule has 0 radical (unpaired) electrons. The highest BCUT2D eigenvalue weighted by Crippen LogP contribution is 2.12. The van der Waals surface area contributed by atoms with Gasteiger partial charge < -0.3 is 4.74 Å². The van der Waals surface area contributed by atoms with Gasteiger partial charge in [-0.15, -0.1) is 0 Å². The number of ether oxygens (including phenoxy) is 1. The molecule has 1 aliphatic rings. The van der Waals surface area contributed by atoms with Crippen LogP contribution in [0.2, 0.25) is 0 Å². The molecule has 1 unspecified atom stereocenters. The highest BCUT2D eigenvalue weighted by molar-refractivity contribution is 6.02. The average molecular weight is 255 g/mol. The SMILES string of the molecule is COCC1=NN=C(c2cnc3ccccc3c2)[NH+]1C. The summed E-state index contributed by atoms with van der Waals surface area (Å²) < 4.78 is 5.11. The van der Waals surface area contributed by atoms with Gasteiger partial charge in [0.15, 0.2) is 0 Å². The Labute approximate surface area is 111 Å². The smallest absolute Gasteiger partial charge is 0.260 e. The van der Waals surface area contributed by atoms with E-state index in [2.05, 4.69) is 21.3 Å². The quantitative estimate of drug-likeness (QED) is 0.866. The Bertz CT molecular complexity index is 678. The number of amidine groups is 2. The predicted molar refractivity (Wildman–Crippen MR) is 74.5 cm³/mol. The average Bonchev–Trinajstić information content (AvgIpc) is 2.80. The van der Waals surface area contributed by atoms with Crippen molar-refractivity contribution in [1.82, 2.24) is 4.98 Å². The zero-order valence-corrected chi connectivity index (χ0v) is 10.9. The molecule has 2 aromatic rings. The minimum Gasteiger partial charge on any atom is -0.372 e. The van der Waals surface area contributed by atoms with Crippen molar-refractivity contribution >= 4 is 22.6 Å². The van der Waals surface area contributed by atoms with E-state index in [1.165, 1.54) is 0 Å². The van der Waals surface area contributed by atoms with Gasteiger partial charge in [-0.25, -0.2) is 4.90 Å². The zero-order chi connectivity index (χ0) is 13.2. The van der Waals surface area contributed by atoms with E-state index in [0.717, 1.165) is 33.0 Å². The van der Waals surface area contributed by atoms with Crippen LogP contribution >= 0.6 is 0 Å². The minimum atomic E-state index is 0.486. The molecule has 0 fully saturated rings. The van der Waals surface area contributed by atoms with Crippen LogP contribution in [0, 0.1) is 0 Å². The molecule has 2 heterocycles. The molecule has 0 amide bonds. The molecule has 0 spiro atoms. The number of likely N-dealkylation sites (N-methyl/N-ethyl adjacent to an activating group) is 1. The Balaban J connectivity index is 1.94. The van der Waals surface area contributed by atoms with Gasteiger partial charge in [-0.05, 0) is 12.1 Å². The van der Waals surface area contributed by atoms with Gasteiger partial charge in [-0.3, -0.25) is 4.98 Å². The minimum absolute atomic E-state index is 0.486. The number of methoxy groups -OCH3 is 1. The second kappa shape index (κ2) is 4.87. The van der Waals surface area contributed by atoms with Crippen molar-refractivity contribution in [2.24, 2.45) is 10.2 Å². The van der Waals surface area contributed by atoms with Crippen LogP contribution in [-0.4, -0.2) is 37.4 Å². The molecule has 5 nitrogen and oxygen atoms in total. The molecular formula is C14H15N4O+. The van der Waals surface area contributed by atoms with Crippen LogP contribution in [-0.2, 0) is 4.74 Å². The predicted octanol–water partition coefficient (Wildman–Crippen LogP) is 0.470. The number of nitrogens with zero attached hydrogens (tertiary/aromatic N) is 3. The molecule has 0 aliphatic carbocycles. The molecule has 1 aliphatic heterocycles. The standard InChI is InChI=1S/C14H14N4O/c1-18-13(9-19-2)16-17-14(18)11-7-10-5-3-4-6-12(10)15-8-11/h3-8H,9H2,1-2H3/p+1. The lowest BCUT2D eigenvalue weighted by Crippen LogP contribution is -3.13. The summed E-state index contributed by atoms with van der Waals surface area (Å²) in [7, 11) is 3.67. The number of aromatic nitrogens is 1. The Hall–Kier alpha value is -2.11. The van der Waals surface area contributed by atoms with Gasteiger partial charge in [0, 0.05) is 18.7 Å². The maximum atomic E-state index is 5.11. The third kappa shape index (κ3) is 2.14. The lowest BCUT2D eigenvalue weighted by molar-refractivity contribution is -0.673. The molecular weight excluding hydrogens is 240 g/mol. The first kappa shape index (κ1) is 12.0. The van der Waals surface area contributed by atoms with E-state index in [1.807, 2.05) is 37.5 Å². The summed E-state index contributed by atoms with van der Waals surface area (Å²) in [6, 6.07) is 10.1. The van der Waals surface area contributed by atoms with Crippen LogP contribution in [0.1, 0.15) is 5.56 Å². The zero-order valence-electron chi connectivity index (χ0n) is 10.9. The van der Waals surface area contributed by atoms with Gasteiger partial charge >= 0.3 is 0 Å². The molecule has 0 saturated carbocycles. The second-order valence-corrected chi connectivity index (χ2v) is 4.47. The second-order valence-electron chi connectivity index (χ2n) is 4.47. The first-order valence-corrected chi connectivity index (χ1v) is 6.12. The van der Waals surface area contributed by atoms with E-state index in [0.29, 0.717) is 6.61 Å². The van der Waals surface area contributed by atoms with Gasteiger partial charge in [0.2, 0.25) is 0 Å². The molecule has 96 valence electrons. The third-order valence-corrected chi connectivity index (χ3v) is 3.20. The summed E-state index contributed by atoms with van der Waals surface area (Å²) >= 11 is 0. The number of rotatable bonds is 3. The summed E-state index contributed by atoms with van der Waals surface area (Å²) in [5, 5.41) is 9.51. The first-order valence-electron chi connectivity index (χ1n) is 6.12. The van der Waals surface area contributed by atoms with E-state index in [4.69, 9.17) is 4.74 Å². The van der Waals surface area contributed by atoms with E-state index >= 15 is 0 Å². The van der Waals surface area contributed by atoms with Crippen LogP contribution in [0.3, 0.4) is 0 Å². The lowest BCUT2D eigenvalue weighted by Gasteiger charge is -2.10. The topological polar surface area (TPSA) is 51.3 Å². The van der Waals surface area contributed by atoms with Crippen LogP contribution < -0.4 is 4.90 Å². The van der Waals surface area contributed by atoms with Gasteiger partial charge in [-0.2, -0.15) is 0 Å². The van der Waals surface area contributed by atoms with Crippen molar-refractivity contribution in [3.05, 3.63) is 42.1 Å². The Morgan fingerprint density at radius 1 is 1.21 bits per heavy atom. The molecule has 0 bridgehead atoms. The highest BCUT2D eigenvalue weighted by atomic mass is 16.5. The largest absolute Gasteiger partial charge is 0.372 e. The summed E-state index contributed by atoms with van der Waals surface area (Å²) in [4.78, 5) is 5.51. The molecule has 1 aromatic heterocycles. The van der Waals surface area contributed by atoms with Crippen molar-refractivity contribution in [1.29, 1.82) is 0 Å². The van der Waals surface area contributed by atoms with Crippen molar-refractivity contribution in [2.75, 3.05) is 20.8 Å². The molecule has 0 saturated heterocycles. The van der Waals surface area contributed by atoms with Crippen molar-refractivity contribution in [3.63, 3.8) is 0 Å². The maximum Gasteiger partial charge on any atom is 0.260 e. The van der Waals surface area contributed by atoms with Crippen molar-refractivity contribution in [2.45, 2.75) is 0 Å². The van der Waals surface area contributed by atoms with Gasteiger partial charge in [0.1, 0.15) is 6.61 Å². The Kier molecular flexibility index (Phi) is 3.06. The fourth-order valence-electron chi connectivity index (χ4n) is 2.15. The summed E-state index contributed by atoms with van der Waals surface area (Å²) in [6.07, 6.45) is 1.84. The maximum absolute atomic E-state index is 5.11. The number of quaternary nitrogens is 1. The Morgan fingerprint density at radius 2 is 2.05 bits per heavy atom. The number of hydrogen-bond donors (Lipinski definition) is 1. The molecule has 19 heavy (non-hydrogen) atoms. The lowest BCUT2D eigenvalue weighted by atomic mass is 10.1. The highest BCUT2D eigenvalue weighted by Gasteiger charge is 2.27. The fourth-order valence-corrected chi connectivity index (χ4v) is 2.15. The van der Waals surface area contributed by atoms with Gasteiger partial charge in [0.25, 0.3) is 11.7 Å². The number of para-hydroxylation sites is 1. The monoisotopic (exact) mass is 255 g/mol. The molecule has 1 aromatic carbocycles. The van der Waals surface area contributed by atoms with Crippen LogP contribution in [0.25, 0.3) is 10.9 Å². The first-order chi connectivity index (χ1) is 9.29. The van der Waals surface area contributed by atoms with Crippen molar-refractivity contribution in [3.8, 4) is 0 Å². The summed E-state index contributed by atoms with van der Waals surface area (Å²) in [5.41, 5.74) is 1.98. The van der Waals surface area contributed by atoms with E-state index in [-0.39, 0.29) is 0 Å². The number of benzene rings is 1. The third-order valence-electron chi connectivity index (χ3n) is 3.20. The summed E-state index contributed by atoms with van der Waals surface area (Å²) in [6.45, 7) is 0.486. The van der Waals surface area contributed by atoms with E-state index in [1.54, 1.807) is 7.11 Å². The van der Waals surface area contributed by atoms with E-state index in [9.17, 15) is 0 Å². The fraction of sp³-hybridized carbons (Fsp3) is 0.214. The summed E-state index contributed by atoms with van der Waals surface area (Å²) in [5.74, 6) is 1.76. The number of fused-ring (bicyclic) bond motifs is 1. The van der Waals surface area contributed by atoms with Crippen LogP contribution in [0.5, 0.6) is 0 Å². The number of nitrogens with one attached hydrogen (secondary N) is 1. The van der Waals surface area contributed by atoms with Gasteiger partial charge in [0.05, 0.1) is 18.1 Å². The molecule has 1 atom stereocenters. The van der Waals surface area contributed by atoms with Crippen LogP contribution in [0.4, 0.5) is 0 Å². The molecule has 1 N–H and O–H groups in total. The normalized spacial score (nSPS) is 18.5. The van der Waals surface area contributed by atoms with Gasteiger partial charge in [-0.1, -0.05) is 28.4 Å².